The number of nitrogens with zero attached hydrogens (tertiary/aromatic N) is 3. The number of benzene rings is 4. The van der Waals surface area contributed by atoms with Crippen LogP contribution in [-0.2, 0) is 6.42 Å². The van der Waals surface area contributed by atoms with Gasteiger partial charge in [0, 0.05) is 16.8 Å². The first-order valence-corrected chi connectivity index (χ1v) is 10.6. The molecule has 0 aliphatic rings. The minimum atomic E-state index is 0.834. The third kappa shape index (κ3) is 3.78. The van der Waals surface area contributed by atoms with Gasteiger partial charge in [-0.1, -0.05) is 104 Å². The van der Waals surface area contributed by atoms with E-state index in [1.165, 1.54) is 16.7 Å². The van der Waals surface area contributed by atoms with Gasteiger partial charge in [0.1, 0.15) is 0 Å². The average Bonchev–Trinajstić information content (AvgIpc) is 3.30. The van der Waals surface area contributed by atoms with Gasteiger partial charge in [-0.05, 0) is 35.2 Å². The van der Waals surface area contributed by atoms with E-state index in [9.17, 15) is 0 Å². The maximum atomic E-state index is 4.60. The normalized spacial score (nSPS) is 10.9. The van der Waals surface area contributed by atoms with E-state index in [1.54, 1.807) is 0 Å². The third-order valence-corrected chi connectivity index (χ3v) is 5.55. The second-order valence-corrected chi connectivity index (χ2v) is 7.51. The van der Waals surface area contributed by atoms with Crippen LogP contribution in [0, 0.1) is 0 Å². The van der Waals surface area contributed by atoms with Crippen LogP contribution >= 0.6 is 0 Å². The van der Waals surface area contributed by atoms with Crippen molar-refractivity contribution in [1.29, 1.82) is 0 Å². The third-order valence-electron chi connectivity index (χ3n) is 5.55. The van der Waals surface area contributed by atoms with Gasteiger partial charge in [-0.25, -0.2) is 0 Å². The Hall–Kier alpha value is -3.98. The molecule has 150 valence electrons. The van der Waals surface area contributed by atoms with Crippen LogP contribution in [0.25, 0.3) is 39.6 Å². The van der Waals surface area contributed by atoms with Gasteiger partial charge < -0.3 is 0 Å². The van der Waals surface area contributed by atoms with Crippen LogP contribution in [-0.4, -0.2) is 14.8 Å². The smallest absolute Gasteiger partial charge is 0.168 e. The van der Waals surface area contributed by atoms with E-state index < -0.39 is 0 Å². The second kappa shape index (κ2) is 8.41. The van der Waals surface area contributed by atoms with Gasteiger partial charge in [0.15, 0.2) is 11.6 Å². The van der Waals surface area contributed by atoms with Crippen LogP contribution < -0.4 is 0 Å². The number of hydrogen-bond acceptors (Lipinski definition) is 2. The highest BCUT2D eigenvalue weighted by Crippen LogP contribution is 2.30. The first-order chi connectivity index (χ1) is 15.3. The molecule has 0 radical (unpaired) electrons. The van der Waals surface area contributed by atoms with Crippen molar-refractivity contribution in [3.63, 3.8) is 0 Å². The number of para-hydroxylation sites is 1. The summed E-state index contributed by atoms with van der Waals surface area (Å²) in [4.78, 5) is 0. The molecule has 5 rings (SSSR count). The summed E-state index contributed by atoms with van der Waals surface area (Å²) in [5.74, 6) is 1.68. The van der Waals surface area contributed by atoms with E-state index in [-0.39, 0.29) is 0 Å². The molecule has 3 heteroatoms. The lowest BCUT2D eigenvalue weighted by Gasteiger charge is -2.11. The summed E-state index contributed by atoms with van der Waals surface area (Å²) in [6.45, 7) is 2.17. The van der Waals surface area contributed by atoms with Gasteiger partial charge in [0.25, 0.3) is 0 Å². The number of hydrogen-bond donors (Lipinski definition) is 0. The van der Waals surface area contributed by atoms with Crippen LogP contribution in [0.3, 0.4) is 0 Å². The van der Waals surface area contributed by atoms with Crippen molar-refractivity contribution < 1.29 is 0 Å². The fraction of sp³-hybridized carbons (Fsp3) is 0.0714. The molecule has 4 aromatic carbocycles. The van der Waals surface area contributed by atoms with Gasteiger partial charge in [0.2, 0.25) is 0 Å². The summed E-state index contributed by atoms with van der Waals surface area (Å²) in [5.41, 5.74) is 6.84. The van der Waals surface area contributed by atoms with Crippen molar-refractivity contribution in [1.82, 2.24) is 14.8 Å². The molecule has 0 saturated carbocycles. The van der Waals surface area contributed by atoms with E-state index in [4.69, 9.17) is 0 Å². The fourth-order valence-electron chi connectivity index (χ4n) is 3.81. The van der Waals surface area contributed by atoms with Crippen LogP contribution in [0.4, 0.5) is 0 Å². The lowest BCUT2D eigenvalue weighted by Crippen LogP contribution is -2.00. The molecule has 1 aromatic heterocycles. The fourth-order valence-corrected chi connectivity index (χ4v) is 3.81. The van der Waals surface area contributed by atoms with Gasteiger partial charge >= 0.3 is 0 Å². The summed E-state index contributed by atoms with van der Waals surface area (Å²) in [7, 11) is 0. The Morgan fingerprint density at radius 1 is 0.516 bits per heavy atom. The van der Waals surface area contributed by atoms with E-state index in [0.29, 0.717) is 0 Å². The van der Waals surface area contributed by atoms with Crippen molar-refractivity contribution in [2.75, 3.05) is 0 Å². The predicted octanol–water partition coefficient (Wildman–Crippen LogP) is 6.83. The lowest BCUT2D eigenvalue weighted by atomic mass is 10.0. The largest absolute Gasteiger partial charge is 0.275 e. The Balaban J connectivity index is 1.61. The first kappa shape index (κ1) is 19.0. The zero-order valence-electron chi connectivity index (χ0n) is 17.4. The van der Waals surface area contributed by atoms with Crippen LogP contribution in [0.1, 0.15) is 12.5 Å². The Morgan fingerprint density at radius 3 is 1.52 bits per heavy atom. The van der Waals surface area contributed by atoms with Gasteiger partial charge in [0.05, 0.1) is 0 Å². The summed E-state index contributed by atoms with van der Waals surface area (Å²) in [6, 6.07) is 37.8. The molecule has 0 fully saturated rings. The summed E-state index contributed by atoms with van der Waals surface area (Å²) >= 11 is 0. The minimum Gasteiger partial charge on any atom is -0.275 e. The summed E-state index contributed by atoms with van der Waals surface area (Å²) < 4.78 is 2.14. The molecule has 0 saturated heterocycles. The molecule has 5 aromatic rings. The second-order valence-electron chi connectivity index (χ2n) is 7.51. The number of rotatable bonds is 5. The summed E-state index contributed by atoms with van der Waals surface area (Å²) in [6.07, 6.45) is 1.02. The van der Waals surface area contributed by atoms with Crippen LogP contribution in [0.5, 0.6) is 0 Å². The Bertz CT molecular complexity index is 1270. The SMILES string of the molecule is CCc1ccc(-c2nnc(-c3ccc(-c4ccccc4)cc3)n2-c2ccccc2)cc1. The standard InChI is InChI=1S/C28H23N3/c1-2-21-13-15-24(16-14-21)27-29-30-28(31(27)26-11-7-4-8-12-26)25-19-17-23(18-20-25)22-9-5-3-6-10-22/h3-20H,2H2,1H3. The molecule has 0 atom stereocenters. The van der Waals surface area contributed by atoms with E-state index in [2.05, 4.69) is 107 Å². The zero-order chi connectivity index (χ0) is 21.0. The maximum Gasteiger partial charge on any atom is 0.168 e. The molecule has 31 heavy (non-hydrogen) atoms. The first-order valence-electron chi connectivity index (χ1n) is 10.6. The van der Waals surface area contributed by atoms with E-state index in [1.807, 2.05) is 24.3 Å². The molecular weight excluding hydrogens is 378 g/mol. The molecule has 0 aliphatic carbocycles. The topological polar surface area (TPSA) is 30.7 Å². The molecule has 3 nitrogen and oxygen atoms in total. The lowest BCUT2D eigenvalue weighted by molar-refractivity contribution is 1.07. The van der Waals surface area contributed by atoms with Crippen LogP contribution in [0.2, 0.25) is 0 Å². The highest BCUT2D eigenvalue weighted by molar-refractivity contribution is 5.71. The monoisotopic (exact) mass is 401 g/mol. The highest BCUT2D eigenvalue weighted by Gasteiger charge is 2.17. The van der Waals surface area contributed by atoms with Crippen LogP contribution in [0.15, 0.2) is 109 Å². The van der Waals surface area contributed by atoms with Crippen molar-refractivity contribution >= 4 is 0 Å². The molecular formula is C28H23N3. The zero-order valence-corrected chi connectivity index (χ0v) is 17.4. The summed E-state index contributed by atoms with van der Waals surface area (Å²) in [5, 5.41) is 9.19. The minimum absolute atomic E-state index is 0.834. The molecule has 0 aliphatic heterocycles. The van der Waals surface area contributed by atoms with E-state index >= 15 is 0 Å². The van der Waals surface area contributed by atoms with E-state index in [0.717, 1.165) is 34.9 Å². The highest BCUT2D eigenvalue weighted by atomic mass is 15.3. The van der Waals surface area contributed by atoms with Crippen molar-refractivity contribution in [3.8, 4) is 39.6 Å². The van der Waals surface area contributed by atoms with Gasteiger partial charge in [-0.15, -0.1) is 10.2 Å². The molecule has 1 heterocycles. The molecule has 0 spiro atoms. The molecule has 0 N–H and O–H groups in total. The van der Waals surface area contributed by atoms with Crippen molar-refractivity contribution in [3.05, 3.63) is 115 Å². The van der Waals surface area contributed by atoms with Gasteiger partial charge in [-0.2, -0.15) is 0 Å². The van der Waals surface area contributed by atoms with Crippen molar-refractivity contribution in [2.45, 2.75) is 13.3 Å². The van der Waals surface area contributed by atoms with Gasteiger partial charge in [-0.3, -0.25) is 4.57 Å². The molecule has 0 unspecified atom stereocenters. The Labute approximate surface area is 182 Å². The molecule has 0 amide bonds. The Kier molecular flexibility index (Phi) is 5.16. The predicted molar refractivity (Wildman–Crippen MR) is 127 cm³/mol. The van der Waals surface area contributed by atoms with Crippen molar-refractivity contribution in [2.24, 2.45) is 0 Å². The number of aryl methyl sites for hydroxylation is 1. The maximum absolute atomic E-state index is 4.60. The quantitative estimate of drug-likeness (QED) is 0.323. The molecule has 0 bridgehead atoms. The average molecular weight is 402 g/mol. The number of aromatic nitrogens is 3. The Morgan fingerprint density at radius 2 is 0.968 bits per heavy atom.